The first-order chi connectivity index (χ1) is 9.41. The predicted octanol–water partition coefficient (Wildman–Crippen LogP) is 1.65. The van der Waals surface area contributed by atoms with E-state index in [9.17, 15) is 14.7 Å². The lowest BCUT2D eigenvalue weighted by molar-refractivity contribution is -0.147. The monoisotopic (exact) mass is 300 g/mol. The predicted molar refractivity (Wildman–Crippen MR) is 73.1 cm³/mol. The Morgan fingerprint density at radius 3 is 2.80 bits per heavy atom. The molecular weight excluding hydrogens is 284 g/mol. The number of hydrogen-bond acceptors (Lipinski definition) is 3. The van der Waals surface area contributed by atoms with Crippen LogP contribution in [-0.4, -0.2) is 52.3 Å². The van der Waals surface area contributed by atoms with Crippen LogP contribution >= 0.6 is 11.6 Å². The highest BCUT2D eigenvalue weighted by molar-refractivity contribution is 6.31. The van der Waals surface area contributed by atoms with Crippen molar-refractivity contribution < 1.29 is 19.4 Å². The molecule has 7 heteroatoms. The smallest absolute Gasteiger partial charge is 0.328 e. The first kappa shape index (κ1) is 14.9. The second kappa shape index (κ2) is 5.85. The van der Waals surface area contributed by atoms with Gasteiger partial charge in [0, 0.05) is 18.8 Å². The van der Waals surface area contributed by atoms with E-state index in [-0.39, 0.29) is 25.1 Å². The van der Waals surface area contributed by atoms with Gasteiger partial charge in [-0.3, -0.25) is 4.79 Å². The largest absolute Gasteiger partial charge is 0.480 e. The van der Waals surface area contributed by atoms with Crippen molar-refractivity contribution in [2.75, 3.05) is 19.8 Å². The summed E-state index contributed by atoms with van der Waals surface area (Å²) in [6, 6.07) is 0.675. The summed E-state index contributed by atoms with van der Waals surface area (Å²) in [5.41, 5.74) is 0.401. The van der Waals surface area contributed by atoms with Gasteiger partial charge in [0.2, 0.25) is 0 Å². The Morgan fingerprint density at radius 2 is 2.20 bits per heavy atom. The number of aliphatic carboxylic acids is 1. The molecule has 110 valence electrons. The molecule has 0 bridgehead atoms. The zero-order chi connectivity index (χ0) is 14.9. The third kappa shape index (κ3) is 2.81. The second-order valence-corrected chi connectivity index (χ2v) is 5.41. The van der Waals surface area contributed by atoms with Crippen molar-refractivity contribution in [3.63, 3.8) is 0 Å². The van der Waals surface area contributed by atoms with Gasteiger partial charge < -0.3 is 19.3 Å². The lowest BCUT2D eigenvalue weighted by Crippen LogP contribution is -2.53. The second-order valence-electron chi connectivity index (χ2n) is 4.97. The molecular formula is C13H17ClN2O4. The lowest BCUT2D eigenvalue weighted by atomic mass is 10.2. The van der Waals surface area contributed by atoms with Gasteiger partial charge in [-0.2, -0.15) is 0 Å². The molecule has 6 nitrogen and oxygen atoms in total. The summed E-state index contributed by atoms with van der Waals surface area (Å²) in [4.78, 5) is 25.1. The molecule has 2 rings (SSSR count). The Hall–Kier alpha value is -1.53. The normalized spacial score (nSPS) is 19.4. The van der Waals surface area contributed by atoms with E-state index in [0.29, 0.717) is 17.3 Å². The molecule has 0 aliphatic carbocycles. The number of morpholine rings is 1. The molecule has 0 aromatic carbocycles. The molecule has 0 spiro atoms. The van der Waals surface area contributed by atoms with Gasteiger partial charge >= 0.3 is 5.97 Å². The van der Waals surface area contributed by atoms with Crippen molar-refractivity contribution in [3.8, 4) is 0 Å². The summed E-state index contributed by atoms with van der Waals surface area (Å²) in [7, 11) is 0. The molecule has 1 amide bonds. The van der Waals surface area contributed by atoms with E-state index in [1.54, 1.807) is 16.8 Å². The summed E-state index contributed by atoms with van der Waals surface area (Å²) in [6.07, 6.45) is 1.68. The highest BCUT2D eigenvalue weighted by atomic mass is 35.5. The fraction of sp³-hybridized carbons (Fsp3) is 0.538. The number of carbonyl (C=O) groups excluding carboxylic acids is 1. The zero-order valence-corrected chi connectivity index (χ0v) is 12.1. The van der Waals surface area contributed by atoms with Crippen LogP contribution in [0.1, 0.15) is 30.4 Å². The quantitative estimate of drug-likeness (QED) is 0.921. The van der Waals surface area contributed by atoms with Crippen LogP contribution in [0, 0.1) is 0 Å². The average Bonchev–Trinajstić information content (AvgIpc) is 2.80. The SMILES string of the molecule is CC(C)n1cc(Cl)cc1C(=O)N1CCOCC1C(=O)O. The number of aromatic nitrogens is 1. The third-order valence-electron chi connectivity index (χ3n) is 3.27. The van der Waals surface area contributed by atoms with Crippen LogP contribution in [0.5, 0.6) is 0 Å². The summed E-state index contributed by atoms with van der Waals surface area (Å²) < 4.78 is 6.88. The Bertz CT molecular complexity index is 526. The van der Waals surface area contributed by atoms with Gasteiger partial charge in [-0.1, -0.05) is 11.6 Å². The van der Waals surface area contributed by atoms with Gasteiger partial charge in [0.15, 0.2) is 6.04 Å². The maximum Gasteiger partial charge on any atom is 0.328 e. The fourth-order valence-corrected chi connectivity index (χ4v) is 2.45. The fourth-order valence-electron chi connectivity index (χ4n) is 2.24. The lowest BCUT2D eigenvalue weighted by Gasteiger charge is -2.33. The molecule has 1 N–H and O–H groups in total. The number of amides is 1. The first-order valence-corrected chi connectivity index (χ1v) is 6.78. The van der Waals surface area contributed by atoms with Crippen molar-refractivity contribution >= 4 is 23.5 Å². The Labute approximate surface area is 121 Å². The van der Waals surface area contributed by atoms with Crippen molar-refractivity contribution in [2.45, 2.75) is 25.9 Å². The van der Waals surface area contributed by atoms with E-state index in [1.807, 2.05) is 13.8 Å². The molecule has 1 atom stereocenters. The van der Waals surface area contributed by atoms with Crippen LogP contribution in [0.15, 0.2) is 12.3 Å². The van der Waals surface area contributed by atoms with Crippen LogP contribution in [0.3, 0.4) is 0 Å². The van der Waals surface area contributed by atoms with Crippen LogP contribution in [-0.2, 0) is 9.53 Å². The standard InChI is InChI=1S/C13H17ClN2O4/c1-8(2)16-6-9(14)5-10(16)12(17)15-3-4-20-7-11(15)13(18)19/h5-6,8,11H,3-4,7H2,1-2H3,(H,18,19). The molecule has 2 heterocycles. The highest BCUT2D eigenvalue weighted by Crippen LogP contribution is 2.22. The van der Waals surface area contributed by atoms with Crippen LogP contribution in [0.2, 0.25) is 5.02 Å². The number of carboxylic acids is 1. The summed E-state index contributed by atoms with van der Waals surface area (Å²) in [6.45, 7) is 4.47. The van der Waals surface area contributed by atoms with Gasteiger partial charge in [0.05, 0.1) is 18.2 Å². The molecule has 1 saturated heterocycles. The van der Waals surface area contributed by atoms with E-state index in [2.05, 4.69) is 0 Å². The maximum absolute atomic E-state index is 12.6. The van der Waals surface area contributed by atoms with E-state index < -0.39 is 12.0 Å². The van der Waals surface area contributed by atoms with Crippen LogP contribution in [0.4, 0.5) is 0 Å². The number of halogens is 1. The number of carboxylic acid groups (broad SMARTS) is 1. The molecule has 1 unspecified atom stereocenters. The average molecular weight is 301 g/mol. The molecule has 1 aliphatic heterocycles. The van der Waals surface area contributed by atoms with Crippen molar-refractivity contribution in [3.05, 3.63) is 23.0 Å². The third-order valence-corrected chi connectivity index (χ3v) is 3.47. The van der Waals surface area contributed by atoms with E-state index in [4.69, 9.17) is 16.3 Å². The van der Waals surface area contributed by atoms with E-state index in [1.165, 1.54) is 4.90 Å². The maximum atomic E-state index is 12.6. The minimum absolute atomic E-state index is 0.0111. The van der Waals surface area contributed by atoms with Gasteiger partial charge in [0.25, 0.3) is 5.91 Å². The van der Waals surface area contributed by atoms with Gasteiger partial charge in [0.1, 0.15) is 5.69 Å². The summed E-state index contributed by atoms with van der Waals surface area (Å²) in [5, 5.41) is 9.64. The molecule has 1 aromatic heterocycles. The number of hydrogen-bond donors (Lipinski definition) is 1. The number of carbonyl (C=O) groups is 2. The van der Waals surface area contributed by atoms with Gasteiger partial charge in [-0.25, -0.2) is 4.79 Å². The summed E-state index contributed by atoms with van der Waals surface area (Å²) in [5.74, 6) is -1.40. The van der Waals surface area contributed by atoms with Gasteiger partial charge in [-0.15, -0.1) is 0 Å². The van der Waals surface area contributed by atoms with Crippen LogP contribution < -0.4 is 0 Å². The Morgan fingerprint density at radius 1 is 1.50 bits per heavy atom. The molecule has 0 radical (unpaired) electrons. The van der Waals surface area contributed by atoms with Crippen LogP contribution in [0.25, 0.3) is 0 Å². The molecule has 1 fully saturated rings. The zero-order valence-electron chi connectivity index (χ0n) is 11.4. The molecule has 0 saturated carbocycles. The highest BCUT2D eigenvalue weighted by Gasteiger charge is 2.34. The molecule has 20 heavy (non-hydrogen) atoms. The number of ether oxygens (including phenoxy) is 1. The number of rotatable bonds is 3. The number of nitrogens with zero attached hydrogens (tertiary/aromatic N) is 2. The Balaban J connectivity index is 2.32. The van der Waals surface area contributed by atoms with Crippen molar-refractivity contribution in [2.24, 2.45) is 0 Å². The summed E-state index contributed by atoms with van der Waals surface area (Å²) >= 11 is 5.96. The van der Waals surface area contributed by atoms with Crippen molar-refractivity contribution in [1.29, 1.82) is 0 Å². The van der Waals surface area contributed by atoms with E-state index in [0.717, 1.165) is 0 Å². The minimum Gasteiger partial charge on any atom is -0.480 e. The topological polar surface area (TPSA) is 71.8 Å². The first-order valence-electron chi connectivity index (χ1n) is 6.40. The van der Waals surface area contributed by atoms with E-state index >= 15 is 0 Å². The molecule has 1 aromatic rings. The molecule has 1 aliphatic rings. The van der Waals surface area contributed by atoms with Gasteiger partial charge in [-0.05, 0) is 19.9 Å². The minimum atomic E-state index is -1.06. The van der Waals surface area contributed by atoms with Crippen molar-refractivity contribution in [1.82, 2.24) is 9.47 Å². The Kier molecular flexibility index (Phi) is 4.35.